The molecular formula is C13H15FN2O2. The van der Waals surface area contributed by atoms with Gasteiger partial charge in [0.05, 0.1) is 18.6 Å². The lowest BCUT2D eigenvalue weighted by molar-refractivity contribution is 0.0548. The van der Waals surface area contributed by atoms with E-state index in [1.54, 1.807) is 17.0 Å². The maximum Gasteiger partial charge on any atom is 0.341 e. The molecule has 0 aliphatic heterocycles. The zero-order valence-corrected chi connectivity index (χ0v) is 10.0. The van der Waals surface area contributed by atoms with Crippen LogP contribution >= 0.6 is 0 Å². The number of esters is 1. The van der Waals surface area contributed by atoms with E-state index >= 15 is 0 Å². The summed E-state index contributed by atoms with van der Waals surface area (Å²) in [5.74, 6) is -0.493. The van der Waals surface area contributed by atoms with Gasteiger partial charge in [-0.2, -0.15) is 5.10 Å². The van der Waals surface area contributed by atoms with Crippen molar-refractivity contribution in [1.29, 1.82) is 0 Å². The highest BCUT2D eigenvalue weighted by molar-refractivity contribution is 5.90. The molecule has 0 aromatic carbocycles. The van der Waals surface area contributed by atoms with Crippen LogP contribution in [0.2, 0.25) is 0 Å². The Bertz CT molecular complexity index is 464. The van der Waals surface area contributed by atoms with Crippen LogP contribution in [0.4, 0.5) is 4.39 Å². The van der Waals surface area contributed by atoms with Gasteiger partial charge in [0.2, 0.25) is 0 Å². The molecule has 0 radical (unpaired) electrons. The minimum absolute atomic E-state index is 0.129. The van der Waals surface area contributed by atoms with E-state index in [9.17, 15) is 9.18 Å². The van der Waals surface area contributed by atoms with Gasteiger partial charge in [-0.05, 0) is 0 Å². The molecule has 0 bridgehead atoms. The van der Waals surface area contributed by atoms with Crippen LogP contribution in [0.1, 0.15) is 16.1 Å². The molecule has 1 rings (SSSR count). The summed E-state index contributed by atoms with van der Waals surface area (Å²) in [6, 6.07) is 0. The number of allylic oxidation sites excluding steroid dienone is 2. The molecule has 0 amide bonds. The first kappa shape index (κ1) is 13.9. The predicted molar refractivity (Wildman–Crippen MR) is 66.9 cm³/mol. The molecule has 0 aliphatic rings. The molecule has 4 nitrogen and oxygen atoms in total. The summed E-state index contributed by atoms with van der Waals surface area (Å²) in [5, 5.41) is 4.17. The number of rotatable bonds is 7. The molecule has 0 spiro atoms. The second kappa shape index (κ2) is 7.21. The van der Waals surface area contributed by atoms with Gasteiger partial charge >= 0.3 is 5.97 Å². The number of hydrogen-bond donors (Lipinski definition) is 0. The standard InChI is InChI=1S/C13H15FN2O2/c1-3-8-16-10-11(13(17)18-9-4-2)12(15-16)6-5-7-14/h3-5,7,10H,1-2,6,8-9H2. The SMILES string of the molecule is C=CCOC(=O)c1cn(CC=C)nc1CC=CF. The largest absolute Gasteiger partial charge is 0.458 e. The van der Waals surface area contributed by atoms with Crippen LogP contribution in [0.25, 0.3) is 0 Å². The monoisotopic (exact) mass is 250 g/mol. The number of hydrogen-bond acceptors (Lipinski definition) is 3. The summed E-state index contributed by atoms with van der Waals surface area (Å²) in [5.41, 5.74) is 0.802. The van der Waals surface area contributed by atoms with Gasteiger partial charge in [-0.3, -0.25) is 4.68 Å². The van der Waals surface area contributed by atoms with Gasteiger partial charge in [0, 0.05) is 12.6 Å². The molecule has 0 atom stereocenters. The third-order valence-electron chi connectivity index (χ3n) is 2.11. The molecular weight excluding hydrogens is 235 g/mol. The van der Waals surface area contributed by atoms with Gasteiger partial charge in [-0.25, -0.2) is 9.18 Å². The van der Waals surface area contributed by atoms with Gasteiger partial charge < -0.3 is 4.74 Å². The molecule has 0 unspecified atom stereocenters. The van der Waals surface area contributed by atoms with Crippen molar-refractivity contribution < 1.29 is 13.9 Å². The third kappa shape index (κ3) is 3.69. The summed E-state index contributed by atoms with van der Waals surface area (Å²) in [6.45, 7) is 7.65. The molecule has 0 N–H and O–H groups in total. The van der Waals surface area contributed by atoms with E-state index in [1.165, 1.54) is 12.2 Å². The topological polar surface area (TPSA) is 44.1 Å². The van der Waals surface area contributed by atoms with Crippen molar-refractivity contribution in [1.82, 2.24) is 9.78 Å². The highest BCUT2D eigenvalue weighted by Gasteiger charge is 2.16. The van der Waals surface area contributed by atoms with Gasteiger partial charge in [-0.1, -0.05) is 24.8 Å². The zero-order valence-electron chi connectivity index (χ0n) is 10.0. The fourth-order valence-corrected chi connectivity index (χ4v) is 1.38. The van der Waals surface area contributed by atoms with Crippen molar-refractivity contribution >= 4 is 5.97 Å². The molecule has 0 fully saturated rings. The van der Waals surface area contributed by atoms with Crippen LogP contribution in [0.15, 0.2) is 43.9 Å². The molecule has 1 aromatic heterocycles. The predicted octanol–water partition coefficient (Wildman–Crippen LogP) is 2.44. The number of aromatic nitrogens is 2. The number of carbonyl (C=O) groups excluding carboxylic acids is 1. The number of halogens is 1. The van der Waals surface area contributed by atoms with E-state index in [-0.39, 0.29) is 13.0 Å². The Kier molecular flexibility index (Phi) is 5.57. The summed E-state index contributed by atoms with van der Waals surface area (Å²) in [6.07, 6.45) is 6.64. The quantitative estimate of drug-likeness (QED) is 0.551. The van der Waals surface area contributed by atoms with Crippen LogP contribution in [0.5, 0.6) is 0 Å². The first-order valence-corrected chi connectivity index (χ1v) is 5.43. The Balaban J connectivity index is 2.94. The average molecular weight is 250 g/mol. The minimum Gasteiger partial charge on any atom is -0.458 e. The van der Waals surface area contributed by atoms with Crippen LogP contribution < -0.4 is 0 Å². The molecule has 96 valence electrons. The first-order chi connectivity index (χ1) is 8.72. The zero-order chi connectivity index (χ0) is 13.4. The van der Waals surface area contributed by atoms with E-state index < -0.39 is 5.97 Å². The van der Waals surface area contributed by atoms with Crippen molar-refractivity contribution in [3.63, 3.8) is 0 Å². The van der Waals surface area contributed by atoms with Crippen LogP contribution in [0, 0.1) is 0 Å². The lowest BCUT2D eigenvalue weighted by atomic mass is 10.2. The van der Waals surface area contributed by atoms with Gasteiger partial charge in [0.25, 0.3) is 0 Å². The first-order valence-electron chi connectivity index (χ1n) is 5.43. The van der Waals surface area contributed by atoms with Crippen molar-refractivity contribution in [2.75, 3.05) is 6.61 Å². The maximum absolute atomic E-state index is 12.0. The van der Waals surface area contributed by atoms with Gasteiger partial charge in [0.1, 0.15) is 12.2 Å². The molecule has 1 heterocycles. The Morgan fingerprint density at radius 3 is 2.89 bits per heavy atom. The van der Waals surface area contributed by atoms with E-state index in [4.69, 9.17) is 4.74 Å². The minimum atomic E-state index is -0.493. The summed E-state index contributed by atoms with van der Waals surface area (Å²) < 4.78 is 18.5. The third-order valence-corrected chi connectivity index (χ3v) is 2.11. The van der Waals surface area contributed by atoms with Crippen molar-refractivity contribution in [3.05, 3.63) is 55.2 Å². The molecule has 1 aromatic rings. The van der Waals surface area contributed by atoms with Gasteiger partial charge in [-0.15, -0.1) is 6.58 Å². The lowest BCUT2D eigenvalue weighted by Crippen LogP contribution is -2.06. The molecule has 5 heteroatoms. The highest BCUT2D eigenvalue weighted by Crippen LogP contribution is 2.11. The molecule has 0 saturated carbocycles. The van der Waals surface area contributed by atoms with E-state index in [0.29, 0.717) is 24.1 Å². The molecule has 0 saturated heterocycles. The summed E-state index contributed by atoms with van der Waals surface area (Å²) in [7, 11) is 0. The second-order valence-electron chi connectivity index (χ2n) is 3.45. The van der Waals surface area contributed by atoms with Crippen LogP contribution in [-0.2, 0) is 17.7 Å². The average Bonchev–Trinajstić information content (AvgIpc) is 2.77. The smallest absolute Gasteiger partial charge is 0.341 e. The highest BCUT2D eigenvalue weighted by atomic mass is 19.1. The second-order valence-corrected chi connectivity index (χ2v) is 3.45. The fraction of sp³-hybridized carbons (Fsp3) is 0.231. The number of nitrogens with zero attached hydrogens (tertiary/aromatic N) is 2. The van der Waals surface area contributed by atoms with Crippen molar-refractivity contribution in [2.45, 2.75) is 13.0 Å². The Morgan fingerprint density at radius 2 is 2.28 bits per heavy atom. The van der Waals surface area contributed by atoms with Crippen molar-refractivity contribution in [2.24, 2.45) is 0 Å². The van der Waals surface area contributed by atoms with Gasteiger partial charge in [0.15, 0.2) is 0 Å². The normalized spacial score (nSPS) is 10.5. The summed E-state index contributed by atoms with van der Waals surface area (Å²) in [4.78, 5) is 11.7. The molecule has 0 aliphatic carbocycles. The van der Waals surface area contributed by atoms with Crippen molar-refractivity contribution in [3.8, 4) is 0 Å². The van der Waals surface area contributed by atoms with Crippen LogP contribution in [-0.4, -0.2) is 22.4 Å². The number of ether oxygens (including phenoxy) is 1. The Hall–Kier alpha value is -2.17. The van der Waals surface area contributed by atoms with E-state index in [1.807, 2.05) is 0 Å². The van der Waals surface area contributed by atoms with E-state index in [2.05, 4.69) is 18.3 Å². The fourth-order valence-electron chi connectivity index (χ4n) is 1.38. The Labute approximate surface area is 105 Å². The Morgan fingerprint density at radius 1 is 1.50 bits per heavy atom. The van der Waals surface area contributed by atoms with E-state index in [0.717, 1.165) is 0 Å². The lowest BCUT2D eigenvalue weighted by Gasteiger charge is -2.00. The van der Waals surface area contributed by atoms with Crippen LogP contribution in [0.3, 0.4) is 0 Å². The molecule has 18 heavy (non-hydrogen) atoms. The summed E-state index contributed by atoms with van der Waals surface area (Å²) >= 11 is 0. The maximum atomic E-state index is 12.0. The number of carbonyl (C=O) groups is 1.